The molecular formula is C13H20N2O. The molecule has 16 heavy (non-hydrogen) atoms. The maximum Gasteiger partial charge on any atom is 0.253 e. The number of para-hydroxylation sites is 1. The van der Waals surface area contributed by atoms with Crippen LogP contribution < -0.4 is 11.1 Å². The van der Waals surface area contributed by atoms with E-state index in [2.05, 4.69) is 12.2 Å². The molecule has 0 aromatic heterocycles. The first-order chi connectivity index (χ1) is 7.65. The van der Waals surface area contributed by atoms with E-state index in [1.165, 1.54) is 0 Å². The molecule has 1 rings (SSSR count). The van der Waals surface area contributed by atoms with Gasteiger partial charge in [0.05, 0.1) is 5.56 Å². The van der Waals surface area contributed by atoms with Gasteiger partial charge in [0, 0.05) is 11.7 Å². The summed E-state index contributed by atoms with van der Waals surface area (Å²) < 4.78 is 0. The smallest absolute Gasteiger partial charge is 0.253 e. The van der Waals surface area contributed by atoms with E-state index in [0.29, 0.717) is 11.3 Å². The summed E-state index contributed by atoms with van der Waals surface area (Å²) in [6.07, 6.45) is 3.29. The van der Waals surface area contributed by atoms with Crippen molar-refractivity contribution in [3.05, 3.63) is 29.8 Å². The van der Waals surface area contributed by atoms with Crippen LogP contribution >= 0.6 is 0 Å². The highest BCUT2D eigenvalue weighted by Gasteiger charge is 2.11. The Balaban J connectivity index is 2.56. The van der Waals surface area contributed by atoms with E-state index in [-0.39, 0.29) is 11.9 Å². The van der Waals surface area contributed by atoms with Gasteiger partial charge in [-0.1, -0.05) is 31.9 Å². The number of nitrogens with one attached hydrogen (secondary N) is 1. The average Bonchev–Trinajstić information content (AvgIpc) is 2.26. The van der Waals surface area contributed by atoms with Gasteiger partial charge in [-0.05, 0) is 25.5 Å². The van der Waals surface area contributed by atoms with E-state index in [0.717, 1.165) is 19.3 Å². The quantitative estimate of drug-likeness (QED) is 0.749. The lowest BCUT2D eigenvalue weighted by molar-refractivity contribution is 0.0939. The largest absolute Gasteiger partial charge is 0.398 e. The van der Waals surface area contributed by atoms with E-state index in [1.807, 2.05) is 19.1 Å². The Bertz CT molecular complexity index is 350. The van der Waals surface area contributed by atoms with E-state index in [4.69, 9.17) is 5.73 Å². The number of nitrogen functional groups attached to an aromatic ring is 1. The molecule has 0 fully saturated rings. The van der Waals surface area contributed by atoms with Gasteiger partial charge in [0.15, 0.2) is 0 Å². The Morgan fingerprint density at radius 2 is 2.12 bits per heavy atom. The van der Waals surface area contributed by atoms with Crippen LogP contribution in [0.25, 0.3) is 0 Å². The van der Waals surface area contributed by atoms with Crippen LogP contribution in [0.15, 0.2) is 24.3 Å². The van der Waals surface area contributed by atoms with Crippen molar-refractivity contribution >= 4 is 11.6 Å². The summed E-state index contributed by atoms with van der Waals surface area (Å²) in [5.41, 5.74) is 6.83. The van der Waals surface area contributed by atoms with Crippen LogP contribution in [-0.2, 0) is 0 Å². The second-order valence-corrected chi connectivity index (χ2v) is 4.10. The Morgan fingerprint density at radius 1 is 1.44 bits per heavy atom. The lowest BCUT2D eigenvalue weighted by atomic mass is 10.1. The number of anilines is 1. The summed E-state index contributed by atoms with van der Waals surface area (Å²) in [5, 5.41) is 2.95. The first kappa shape index (κ1) is 12.6. The van der Waals surface area contributed by atoms with Gasteiger partial charge >= 0.3 is 0 Å². The molecule has 0 aliphatic rings. The lowest BCUT2D eigenvalue weighted by Gasteiger charge is -2.14. The molecule has 1 unspecified atom stereocenters. The number of nitrogens with two attached hydrogens (primary N) is 1. The fourth-order valence-electron chi connectivity index (χ4n) is 1.59. The molecule has 1 amide bonds. The van der Waals surface area contributed by atoms with E-state index < -0.39 is 0 Å². The van der Waals surface area contributed by atoms with Crippen molar-refractivity contribution in [2.75, 3.05) is 5.73 Å². The Hall–Kier alpha value is -1.51. The highest BCUT2D eigenvalue weighted by molar-refractivity contribution is 5.99. The second-order valence-electron chi connectivity index (χ2n) is 4.10. The van der Waals surface area contributed by atoms with E-state index in [1.54, 1.807) is 12.1 Å². The van der Waals surface area contributed by atoms with Gasteiger partial charge in [-0.25, -0.2) is 0 Å². The fraction of sp³-hybridized carbons (Fsp3) is 0.462. The molecule has 3 N–H and O–H groups in total. The first-order valence-corrected chi connectivity index (χ1v) is 5.80. The van der Waals surface area contributed by atoms with Crippen LogP contribution in [0.1, 0.15) is 43.5 Å². The predicted octanol–water partition coefficient (Wildman–Crippen LogP) is 2.58. The summed E-state index contributed by atoms with van der Waals surface area (Å²) in [5.74, 6) is -0.0818. The number of benzene rings is 1. The third-order valence-corrected chi connectivity index (χ3v) is 2.57. The number of hydrogen-bond acceptors (Lipinski definition) is 2. The molecule has 3 heteroatoms. The summed E-state index contributed by atoms with van der Waals surface area (Å²) in [4.78, 5) is 11.8. The minimum Gasteiger partial charge on any atom is -0.398 e. The number of carbonyl (C=O) groups is 1. The molecule has 1 atom stereocenters. The first-order valence-electron chi connectivity index (χ1n) is 5.80. The molecule has 0 aliphatic carbocycles. The second kappa shape index (κ2) is 6.16. The predicted molar refractivity (Wildman–Crippen MR) is 67.3 cm³/mol. The highest BCUT2D eigenvalue weighted by Crippen LogP contribution is 2.11. The van der Waals surface area contributed by atoms with Gasteiger partial charge in [0.1, 0.15) is 0 Å². The summed E-state index contributed by atoms with van der Waals surface area (Å²) in [7, 11) is 0. The normalized spacial score (nSPS) is 12.1. The Kier molecular flexibility index (Phi) is 4.83. The fourth-order valence-corrected chi connectivity index (χ4v) is 1.59. The minimum absolute atomic E-state index is 0.0818. The molecule has 0 aliphatic heterocycles. The third-order valence-electron chi connectivity index (χ3n) is 2.57. The molecule has 0 bridgehead atoms. The number of unbranched alkanes of at least 4 members (excludes halogenated alkanes) is 1. The zero-order valence-corrected chi connectivity index (χ0v) is 9.99. The van der Waals surface area contributed by atoms with Crippen molar-refractivity contribution in [3.8, 4) is 0 Å². The van der Waals surface area contributed by atoms with Gasteiger partial charge in [-0.3, -0.25) is 4.79 Å². The number of rotatable bonds is 5. The van der Waals surface area contributed by atoms with Crippen LogP contribution in [-0.4, -0.2) is 11.9 Å². The van der Waals surface area contributed by atoms with Crippen molar-refractivity contribution in [1.29, 1.82) is 0 Å². The maximum absolute atomic E-state index is 11.8. The minimum atomic E-state index is -0.0818. The SMILES string of the molecule is CCCCC(C)NC(=O)c1ccccc1N. The van der Waals surface area contributed by atoms with Gasteiger partial charge in [-0.15, -0.1) is 0 Å². The van der Waals surface area contributed by atoms with Crippen LogP contribution in [0.5, 0.6) is 0 Å². The Morgan fingerprint density at radius 3 is 2.75 bits per heavy atom. The molecule has 3 nitrogen and oxygen atoms in total. The summed E-state index contributed by atoms with van der Waals surface area (Å²) in [6.45, 7) is 4.16. The number of amides is 1. The molecule has 1 aromatic carbocycles. The van der Waals surface area contributed by atoms with Crippen LogP contribution in [0.2, 0.25) is 0 Å². The lowest BCUT2D eigenvalue weighted by Crippen LogP contribution is -2.32. The van der Waals surface area contributed by atoms with Crippen LogP contribution in [0, 0.1) is 0 Å². The van der Waals surface area contributed by atoms with Crippen molar-refractivity contribution in [3.63, 3.8) is 0 Å². The standard InChI is InChI=1S/C13H20N2O/c1-3-4-7-10(2)15-13(16)11-8-5-6-9-12(11)14/h5-6,8-10H,3-4,7,14H2,1-2H3,(H,15,16). The molecule has 0 radical (unpaired) electrons. The molecular weight excluding hydrogens is 200 g/mol. The van der Waals surface area contributed by atoms with E-state index in [9.17, 15) is 4.79 Å². The topological polar surface area (TPSA) is 55.1 Å². The van der Waals surface area contributed by atoms with Crippen LogP contribution in [0.3, 0.4) is 0 Å². The molecule has 0 spiro atoms. The summed E-state index contributed by atoms with van der Waals surface area (Å²) in [6, 6.07) is 7.34. The van der Waals surface area contributed by atoms with Gasteiger partial charge in [0.2, 0.25) is 0 Å². The maximum atomic E-state index is 11.8. The van der Waals surface area contributed by atoms with Gasteiger partial charge in [0.25, 0.3) is 5.91 Å². The Labute approximate surface area is 97.0 Å². The van der Waals surface area contributed by atoms with Crippen molar-refractivity contribution in [2.24, 2.45) is 0 Å². The zero-order valence-electron chi connectivity index (χ0n) is 9.99. The van der Waals surface area contributed by atoms with Gasteiger partial charge < -0.3 is 11.1 Å². The third kappa shape index (κ3) is 3.57. The molecule has 0 saturated carbocycles. The van der Waals surface area contributed by atoms with Gasteiger partial charge in [-0.2, -0.15) is 0 Å². The van der Waals surface area contributed by atoms with Crippen molar-refractivity contribution in [1.82, 2.24) is 5.32 Å². The molecule has 0 heterocycles. The molecule has 1 aromatic rings. The monoisotopic (exact) mass is 220 g/mol. The number of hydrogen-bond donors (Lipinski definition) is 2. The molecule has 0 saturated heterocycles. The average molecular weight is 220 g/mol. The van der Waals surface area contributed by atoms with E-state index >= 15 is 0 Å². The number of carbonyl (C=O) groups excluding carboxylic acids is 1. The zero-order chi connectivity index (χ0) is 12.0. The van der Waals surface area contributed by atoms with Crippen molar-refractivity contribution < 1.29 is 4.79 Å². The van der Waals surface area contributed by atoms with Crippen LogP contribution in [0.4, 0.5) is 5.69 Å². The van der Waals surface area contributed by atoms with Crippen molar-refractivity contribution in [2.45, 2.75) is 39.2 Å². The summed E-state index contributed by atoms with van der Waals surface area (Å²) >= 11 is 0. The highest BCUT2D eigenvalue weighted by atomic mass is 16.1. The molecule has 88 valence electrons.